The van der Waals surface area contributed by atoms with Gasteiger partial charge in [0.1, 0.15) is 5.69 Å². The fourth-order valence-corrected chi connectivity index (χ4v) is 2.11. The molecule has 0 spiro atoms. The number of nitrogen functional groups attached to an aromatic ring is 1. The number of hydrogen-bond donors (Lipinski definition) is 1. The Balaban J connectivity index is 1.99. The van der Waals surface area contributed by atoms with Crippen LogP contribution in [0.25, 0.3) is 16.9 Å². The van der Waals surface area contributed by atoms with Gasteiger partial charge in [-0.15, -0.1) is 5.10 Å². The summed E-state index contributed by atoms with van der Waals surface area (Å²) in [5.41, 5.74) is 10.2. The highest BCUT2D eigenvalue weighted by Crippen LogP contribution is 2.23. The van der Waals surface area contributed by atoms with Gasteiger partial charge in [0.05, 0.1) is 11.9 Å². The maximum Gasteiger partial charge on any atom is 0.113 e. The van der Waals surface area contributed by atoms with Gasteiger partial charge in [-0.05, 0) is 42.8 Å². The van der Waals surface area contributed by atoms with Gasteiger partial charge in [-0.1, -0.05) is 28.9 Å². The van der Waals surface area contributed by atoms with Gasteiger partial charge in [0.15, 0.2) is 0 Å². The second-order valence-corrected chi connectivity index (χ2v) is 5.01. The van der Waals surface area contributed by atoms with E-state index >= 15 is 0 Å². The first kappa shape index (κ1) is 12.7. The first-order valence-electron chi connectivity index (χ1n) is 6.18. The minimum Gasteiger partial charge on any atom is -0.399 e. The van der Waals surface area contributed by atoms with Gasteiger partial charge in [0, 0.05) is 16.3 Å². The predicted octanol–water partition coefficient (Wildman–Crippen LogP) is 3.48. The molecule has 0 aliphatic carbocycles. The van der Waals surface area contributed by atoms with Crippen LogP contribution in [0.4, 0.5) is 5.69 Å². The van der Waals surface area contributed by atoms with Crippen LogP contribution in [0.2, 0.25) is 5.02 Å². The normalized spacial score (nSPS) is 10.7. The Hall–Kier alpha value is -2.33. The second kappa shape index (κ2) is 4.98. The van der Waals surface area contributed by atoms with Gasteiger partial charge in [0.2, 0.25) is 0 Å². The van der Waals surface area contributed by atoms with Gasteiger partial charge in [-0.3, -0.25) is 0 Å². The van der Waals surface area contributed by atoms with E-state index in [9.17, 15) is 0 Å². The van der Waals surface area contributed by atoms with Gasteiger partial charge in [0.25, 0.3) is 0 Å². The molecule has 0 aliphatic rings. The van der Waals surface area contributed by atoms with E-state index in [1.807, 2.05) is 55.6 Å². The third kappa shape index (κ3) is 2.38. The van der Waals surface area contributed by atoms with E-state index in [-0.39, 0.29) is 0 Å². The van der Waals surface area contributed by atoms with Crippen molar-refractivity contribution in [1.82, 2.24) is 15.0 Å². The molecule has 0 atom stereocenters. The van der Waals surface area contributed by atoms with Gasteiger partial charge in [-0.2, -0.15) is 0 Å². The number of rotatable bonds is 2. The Morgan fingerprint density at radius 1 is 1.15 bits per heavy atom. The van der Waals surface area contributed by atoms with Crippen molar-refractivity contribution in [3.8, 4) is 16.9 Å². The smallest absolute Gasteiger partial charge is 0.113 e. The van der Waals surface area contributed by atoms with Crippen LogP contribution in [0, 0.1) is 6.92 Å². The zero-order valence-corrected chi connectivity index (χ0v) is 11.7. The number of hydrogen-bond acceptors (Lipinski definition) is 3. The monoisotopic (exact) mass is 284 g/mol. The molecule has 0 aliphatic heterocycles. The van der Waals surface area contributed by atoms with Gasteiger partial charge >= 0.3 is 0 Å². The van der Waals surface area contributed by atoms with Crippen LogP contribution < -0.4 is 5.73 Å². The Morgan fingerprint density at radius 3 is 2.75 bits per heavy atom. The van der Waals surface area contributed by atoms with E-state index in [2.05, 4.69) is 10.3 Å². The lowest BCUT2D eigenvalue weighted by Crippen LogP contribution is -1.95. The van der Waals surface area contributed by atoms with Crippen LogP contribution in [0.5, 0.6) is 0 Å². The lowest BCUT2D eigenvalue weighted by atomic mass is 10.1. The summed E-state index contributed by atoms with van der Waals surface area (Å²) in [5, 5.41) is 9.07. The van der Waals surface area contributed by atoms with Crippen molar-refractivity contribution in [2.24, 2.45) is 0 Å². The van der Waals surface area contributed by atoms with Crippen molar-refractivity contribution < 1.29 is 0 Å². The fraction of sp³-hybridized carbons (Fsp3) is 0.0667. The van der Waals surface area contributed by atoms with Crippen molar-refractivity contribution in [1.29, 1.82) is 0 Å². The van der Waals surface area contributed by atoms with Crippen LogP contribution in [0.1, 0.15) is 5.56 Å². The van der Waals surface area contributed by atoms with Crippen LogP contribution in [-0.4, -0.2) is 15.0 Å². The average Bonchev–Trinajstić information content (AvgIpc) is 2.92. The Bertz CT molecular complexity index is 764. The largest absolute Gasteiger partial charge is 0.399 e. The average molecular weight is 285 g/mol. The molecule has 20 heavy (non-hydrogen) atoms. The molecule has 5 heteroatoms. The molecule has 4 nitrogen and oxygen atoms in total. The summed E-state index contributed by atoms with van der Waals surface area (Å²) >= 11 is 6.03. The van der Waals surface area contributed by atoms with E-state index in [1.54, 1.807) is 4.68 Å². The molecule has 2 N–H and O–H groups in total. The van der Waals surface area contributed by atoms with E-state index in [0.29, 0.717) is 5.69 Å². The number of aryl methyl sites for hydroxylation is 1. The van der Waals surface area contributed by atoms with Crippen molar-refractivity contribution in [3.05, 3.63) is 59.2 Å². The number of benzene rings is 2. The van der Waals surface area contributed by atoms with Crippen LogP contribution in [-0.2, 0) is 0 Å². The van der Waals surface area contributed by atoms with Gasteiger partial charge in [-0.25, -0.2) is 4.68 Å². The molecule has 0 amide bonds. The van der Waals surface area contributed by atoms with Crippen molar-refractivity contribution >= 4 is 17.3 Å². The molecule has 3 rings (SSSR count). The molecule has 0 bridgehead atoms. The zero-order valence-electron chi connectivity index (χ0n) is 10.9. The number of aromatic nitrogens is 3. The van der Waals surface area contributed by atoms with E-state index in [4.69, 9.17) is 17.3 Å². The van der Waals surface area contributed by atoms with Crippen molar-refractivity contribution in [2.75, 3.05) is 5.73 Å². The third-order valence-electron chi connectivity index (χ3n) is 3.08. The summed E-state index contributed by atoms with van der Waals surface area (Å²) in [7, 11) is 0. The topological polar surface area (TPSA) is 56.7 Å². The molecular formula is C15H13ClN4. The molecule has 0 radical (unpaired) electrons. The molecule has 100 valence electrons. The van der Waals surface area contributed by atoms with Crippen LogP contribution in [0.15, 0.2) is 48.7 Å². The Morgan fingerprint density at radius 2 is 2.00 bits per heavy atom. The molecule has 2 aromatic carbocycles. The minimum atomic E-state index is 0.696. The van der Waals surface area contributed by atoms with E-state index in [0.717, 1.165) is 27.5 Å². The second-order valence-electron chi connectivity index (χ2n) is 4.61. The highest BCUT2D eigenvalue weighted by molar-refractivity contribution is 6.31. The summed E-state index contributed by atoms with van der Waals surface area (Å²) in [6, 6.07) is 13.3. The number of anilines is 1. The molecule has 0 fully saturated rings. The summed E-state index contributed by atoms with van der Waals surface area (Å²) in [4.78, 5) is 0. The molecule has 0 saturated carbocycles. The van der Waals surface area contributed by atoms with Crippen molar-refractivity contribution in [3.63, 3.8) is 0 Å². The quantitative estimate of drug-likeness (QED) is 0.733. The maximum atomic E-state index is 6.03. The van der Waals surface area contributed by atoms with Crippen molar-refractivity contribution in [2.45, 2.75) is 6.92 Å². The summed E-state index contributed by atoms with van der Waals surface area (Å²) in [6.07, 6.45) is 1.87. The molecule has 1 heterocycles. The highest BCUT2D eigenvalue weighted by Gasteiger charge is 2.07. The summed E-state index contributed by atoms with van der Waals surface area (Å²) in [6.45, 7) is 1.97. The van der Waals surface area contributed by atoms with E-state index in [1.165, 1.54) is 0 Å². The van der Waals surface area contributed by atoms with E-state index < -0.39 is 0 Å². The fourth-order valence-electron chi connectivity index (χ4n) is 1.99. The molecule has 1 aromatic heterocycles. The molecule has 0 saturated heterocycles. The SMILES string of the molecule is Cc1cc(-c2cn(-c3cccc(N)c3)nn2)ccc1Cl. The Labute approximate surface area is 121 Å². The first-order chi connectivity index (χ1) is 9.63. The third-order valence-corrected chi connectivity index (χ3v) is 3.51. The maximum absolute atomic E-state index is 6.03. The summed E-state index contributed by atoms with van der Waals surface area (Å²) < 4.78 is 1.70. The molecule has 3 aromatic rings. The standard InChI is InChI=1S/C15H13ClN4/c1-10-7-11(5-6-14(10)16)15-9-20(19-18-15)13-4-2-3-12(17)8-13/h2-9H,17H2,1H3. The minimum absolute atomic E-state index is 0.696. The lowest BCUT2D eigenvalue weighted by Gasteiger charge is -2.01. The lowest BCUT2D eigenvalue weighted by molar-refractivity contribution is 0.804. The Kier molecular flexibility index (Phi) is 3.16. The molecule has 0 unspecified atom stereocenters. The summed E-state index contributed by atoms with van der Waals surface area (Å²) in [5.74, 6) is 0. The number of nitrogens with two attached hydrogens (primary N) is 1. The predicted molar refractivity (Wildman–Crippen MR) is 81.0 cm³/mol. The highest BCUT2D eigenvalue weighted by atomic mass is 35.5. The van der Waals surface area contributed by atoms with Crippen LogP contribution in [0.3, 0.4) is 0 Å². The van der Waals surface area contributed by atoms with Gasteiger partial charge < -0.3 is 5.73 Å². The zero-order chi connectivity index (χ0) is 14.1. The van der Waals surface area contributed by atoms with Crippen LogP contribution >= 0.6 is 11.6 Å². The molecular weight excluding hydrogens is 272 g/mol. The number of halogens is 1. The number of nitrogens with zero attached hydrogens (tertiary/aromatic N) is 3. The first-order valence-corrected chi connectivity index (χ1v) is 6.56.